The molecule has 1 atom stereocenters. The largest absolute Gasteiger partial charge is 0.330 e. The van der Waals surface area contributed by atoms with E-state index in [9.17, 15) is 0 Å². The molecule has 2 N–H and O–H groups in total. The van der Waals surface area contributed by atoms with Crippen LogP contribution in [0, 0.1) is 11.8 Å². The molecule has 1 aliphatic rings. The van der Waals surface area contributed by atoms with Crippen LogP contribution in [0.15, 0.2) is 0 Å². The van der Waals surface area contributed by atoms with Crippen molar-refractivity contribution >= 4 is 0 Å². The van der Waals surface area contributed by atoms with Gasteiger partial charge in [-0.2, -0.15) is 0 Å². The maximum Gasteiger partial charge on any atom is -0.00773 e. The first-order valence-electron chi connectivity index (χ1n) is 7.06. The minimum absolute atomic E-state index is 0.875. The molecule has 1 nitrogen and oxygen atoms in total. The SMILES string of the molecule is CCC(CCCCN)CC1CCCCC1. The molecule has 1 rings (SSSR count). The normalized spacial score (nSPS) is 20.4. The third-order valence-electron chi connectivity index (χ3n) is 4.04. The minimum atomic E-state index is 0.875. The molecular formula is C14H29N. The van der Waals surface area contributed by atoms with E-state index in [1.807, 2.05) is 0 Å². The molecule has 0 heterocycles. The zero-order valence-electron chi connectivity index (χ0n) is 10.5. The lowest BCUT2D eigenvalue weighted by atomic mass is 9.80. The van der Waals surface area contributed by atoms with Gasteiger partial charge < -0.3 is 5.73 Å². The van der Waals surface area contributed by atoms with Crippen molar-refractivity contribution in [3.05, 3.63) is 0 Å². The highest BCUT2D eigenvalue weighted by Crippen LogP contribution is 2.31. The standard InChI is InChI=1S/C14H29N/c1-2-13(8-6-7-11-15)12-14-9-4-3-5-10-14/h13-14H,2-12,15H2,1H3. The highest BCUT2D eigenvalue weighted by Gasteiger charge is 2.17. The van der Waals surface area contributed by atoms with Crippen molar-refractivity contribution in [2.45, 2.75) is 71.1 Å². The fraction of sp³-hybridized carbons (Fsp3) is 1.00. The van der Waals surface area contributed by atoms with E-state index in [1.165, 1.54) is 64.2 Å². The van der Waals surface area contributed by atoms with Gasteiger partial charge in [0.15, 0.2) is 0 Å². The summed E-state index contributed by atoms with van der Waals surface area (Å²) in [6, 6.07) is 0. The molecule has 1 aliphatic carbocycles. The molecule has 0 saturated heterocycles. The molecule has 0 aromatic carbocycles. The van der Waals surface area contributed by atoms with Crippen LogP contribution in [0.1, 0.15) is 71.1 Å². The Morgan fingerprint density at radius 3 is 2.47 bits per heavy atom. The van der Waals surface area contributed by atoms with Gasteiger partial charge in [-0.1, -0.05) is 58.3 Å². The molecule has 0 aliphatic heterocycles. The van der Waals surface area contributed by atoms with Crippen LogP contribution in [-0.4, -0.2) is 6.54 Å². The average Bonchev–Trinajstić information content (AvgIpc) is 2.29. The van der Waals surface area contributed by atoms with E-state index in [1.54, 1.807) is 0 Å². The van der Waals surface area contributed by atoms with Gasteiger partial charge >= 0.3 is 0 Å². The smallest absolute Gasteiger partial charge is 0.00773 e. The van der Waals surface area contributed by atoms with Crippen molar-refractivity contribution in [1.82, 2.24) is 0 Å². The van der Waals surface area contributed by atoms with Crippen LogP contribution in [0.3, 0.4) is 0 Å². The molecular weight excluding hydrogens is 182 g/mol. The molecule has 1 unspecified atom stereocenters. The van der Waals surface area contributed by atoms with E-state index in [0.717, 1.165) is 18.4 Å². The molecule has 0 bridgehead atoms. The van der Waals surface area contributed by atoms with Crippen LogP contribution < -0.4 is 5.73 Å². The molecule has 1 saturated carbocycles. The Morgan fingerprint density at radius 2 is 1.87 bits per heavy atom. The summed E-state index contributed by atoms with van der Waals surface area (Å²) in [5, 5.41) is 0. The minimum Gasteiger partial charge on any atom is -0.330 e. The second-order valence-corrected chi connectivity index (χ2v) is 5.30. The third-order valence-corrected chi connectivity index (χ3v) is 4.04. The van der Waals surface area contributed by atoms with E-state index in [0.29, 0.717) is 0 Å². The van der Waals surface area contributed by atoms with Gasteiger partial charge in [0.1, 0.15) is 0 Å². The van der Waals surface area contributed by atoms with Gasteiger partial charge in [-0.15, -0.1) is 0 Å². The molecule has 15 heavy (non-hydrogen) atoms. The van der Waals surface area contributed by atoms with Crippen LogP contribution in [0.4, 0.5) is 0 Å². The molecule has 0 spiro atoms. The zero-order valence-corrected chi connectivity index (χ0v) is 10.5. The van der Waals surface area contributed by atoms with E-state index in [4.69, 9.17) is 5.73 Å². The summed E-state index contributed by atoms with van der Waals surface area (Å²) < 4.78 is 0. The molecule has 1 fully saturated rings. The van der Waals surface area contributed by atoms with Crippen molar-refractivity contribution in [3.63, 3.8) is 0 Å². The summed E-state index contributed by atoms with van der Waals surface area (Å²) in [6.45, 7) is 3.23. The van der Waals surface area contributed by atoms with Crippen molar-refractivity contribution in [3.8, 4) is 0 Å². The Hall–Kier alpha value is -0.0400. The van der Waals surface area contributed by atoms with Gasteiger partial charge in [-0.3, -0.25) is 0 Å². The lowest BCUT2D eigenvalue weighted by Gasteiger charge is -2.26. The second-order valence-electron chi connectivity index (χ2n) is 5.30. The van der Waals surface area contributed by atoms with Crippen LogP contribution >= 0.6 is 0 Å². The number of hydrogen-bond donors (Lipinski definition) is 1. The van der Waals surface area contributed by atoms with Gasteiger partial charge in [0.05, 0.1) is 0 Å². The Bertz CT molecular complexity index is 138. The highest BCUT2D eigenvalue weighted by atomic mass is 14.5. The maximum atomic E-state index is 5.54. The predicted molar refractivity (Wildman–Crippen MR) is 67.9 cm³/mol. The molecule has 0 amide bonds. The molecule has 0 aromatic heterocycles. The van der Waals surface area contributed by atoms with Crippen LogP contribution in [0.2, 0.25) is 0 Å². The van der Waals surface area contributed by atoms with E-state index in [2.05, 4.69) is 6.92 Å². The Morgan fingerprint density at radius 1 is 1.13 bits per heavy atom. The molecule has 1 heteroatoms. The topological polar surface area (TPSA) is 26.0 Å². The predicted octanol–water partition coefficient (Wildman–Crippen LogP) is 4.11. The van der Waals surface area contributed by atoms with Gasteiger partial charge in [0.2, 0.25) is 0 Å². The molecule has 0 radical (unpaired) electrons. The van der Waals surface area contributed by atoms with E-state index >= 15 is 0 Å². The average molecular weight is 211 g/mol. The quantitative estimate of drug-likeness (QED) is 0.630. The van der Waals surface area contributed by atoms with Crippen molar-refractivity contribution in [2.24, 2.45) is 17.6 Å². The summed E-state index contributed by atoms with van der Waals surface area (Å²) >= 11 is 0. The van der Waals surface area contributed by atoms with Gasteiger partial charge in [-0.05, 0) is 31.2 Å². The summed E-state index contributed by atoms with van der Waals surface area (Å²) in [7, 11) is 0. The first-order chi connectivity index (χ1) is 7.36. The van der Waals surface area contributed by atoms with Gasteiger partial charge in [0, 0.05) is 0 Å². The highest BCUT2D eigenvalue weighted by molar-refractivity contribution is 4.70. The van der Waals surface area contributed by atoms with Crippen molar-refractivity contribution in [2.75, 3.05) is 6.54 Å². The maximum absolute atomic E-state index is 5.54. The lowest BCUT2D eigenvalue weighted by Crippen LogP contribution is -2.12. The second kappa shape index (κ2) is 8.15. The number of hydrogen-bond acceptors (Lipinski definition) is 1. The van der Waals surface area contributed by atoms with Crippen LogP contribution in [0.25, 0.3) is 0 Å². The Labute approximate surface area is 95.8 Å². The summed E-state index contributed by atoms with van der Waals surface area (Å²) in [6.07, 6.45) is 14.4. The van der Waals surface area contributed by atoms with Gasteiger partial charge in [0.25, 0.3) is 0 Å². The fourth-order valence-electron chi connectivity index (χ4n) is 2.96. The summed E-state index contributed by atoms with van der Waals surface area (Å²) in [4.78, 5) is 0. The molecule has 90 valence electrons. The Balaban J connectivity index is 2.13. The summed E-state index contributed by atoms with van der Waals surface area (Å²) in [5.41, 5.74) is 5.54. The van der Waals surface area contributed by atoms with E-state index in [-0.39, 0.29) is 0 Å². The van der Waals surface area contributed by atoms with Gasteiger partial charge in [-0.25, -0.2) is 0 Å². The van der Waals surface area contributed by atoms with E-state index < -0.39 is 0 Å². The van der Waals surface area contributed by atoms with Crippen molar-refractivity contribution < 1.29 is 0 Å². The van der Waals surface area contributed by atoms with Crippen LogP contribution in [-0.2, 0) is 0 Å². The molecule has 0 aromatic rings. The zero-order chi connectivity index (χ0) is 10.9. The van der Waals surface area contributed by atoms with Crippen LogP contribution in [0.5, 0.6) is 0 Å². The monoisotopic (exact) mass is 211 g/mol. The summed E-state index contributed by atoms with van der Waals surface area (Å²) in [5.74, 6) is 2.04. The fourth-order valence-corrected chi connectivity index (χ4v) is 2.96. The first kappa shape index (κ1) is 13.0. The lowest BCUT2D eigenvalue weighted by molar-refractivity contribution is 0.271. The number of unbranched alkanes of at least 4 members (excludes halogenated alkanes) is 1. The number of nitrogens with two attached hydrogens (primary N) is 1. The Kier molecular flexibility index (Phi) is 7.08. The first-order valence-corrected chi connectivity index (χ1v) is 7.06. The van der Waals surface area contributed by atoms with Crippen molar-refractivity contribution in [1.29, 1.82) is 0 Å². The third kappa shape index (κ3) is 5.55. The number of rotatable bonds is 7.